The fraction of sp³-hybridized carbons (Fsp3) is 0.150. The molecule has 1 heterocycles. The van der Waals surface area contributed by atoms with Gasteiger partial charge >= 0.3 is 6.18 Å². The Labute approximate surface area is 175 Å². The molecular weight excluding hydrogens is 451 g/mol. The summed E-state index contributed by atoms with van der Waals surface area (Å²) in [6, 6.07) is 8.45. The van der Waals surface area contributed by atoms with Crippen LogP contribution in [0.1, 0.15) is 26.4 Å². The Bertz CT molecular complexity index is 1110. The van der Waals surface area contributed by atoms with Crippen LogP contribution in [0.5, 0.6) is 5.75 Å². The zero-order valence-electron chi connectivity index (χ0n) is 15.5. The second kappa shape index (κ2) is 8.58. The number of rotatable bonds is 5. The van der Waals surface area contributed by atoms with E-state index in [1.807, 2.05) is 13.0 Å². The largest absolute Gasteiger partial charge is 0.489 e. The van der Waals surface area contributed by atoms with Crippen molar-refractivity contribution in [2.45, 2.75) is 19.7 Å². The highest BCUT2D eigenvalue weighted by Gasteiger charge is 2.42. The summed E-state index contributed by atoms with van der Waals surface area (Å²) in [6.07, 6.45) is -5.67. The molecule has 0 spiro atoms. The van der Waals surface area contributed by atoms with E-state index < -0.39 is 46.6 Å². The molecule has 0 unspecified atom stereocenters. The van der Waals surface area contributed by atoms with Crippen LogP contribution in [-0.4, -0.2) is 5.91 Å². The van der Waals surface area contributed by atoms with E-state index in [1.165, 1.54) is 11.4 Å². The van der Waals surface area contributed by atoms with Crippen LogP contribution in [0.4, 0.5) is 36.4 Å². The van der Waals surface area contributed by atoms with Gasteiger partial charge in [-0.15, -0.1) is 11.3 Å². The quantitative estimate of drug-likeness (QED) is 0.348. The SMILES string of the molecule is Cc1cccc(OCc2csc(C(=O)Nc3c(F)c(F)c(C(F)(F)F)c(F)c3F)c2)c1. The number of alkyl halides is 3. The average molecular weight is 463 g/mol. The molecule has 164 valence electrons. The molecule has 1 amide bonds. The molecule has 3 aromatic rings. The van der Waals surface area contributed by atoms with E-state index in [0.717, 1.165) is 16.9 Å². The second-order valence-electron chi connectivity index (χ2n) is 6.38. The van der Waals surface area contributed by atoms with Crippen molar-refractivity contribution in [3.05, 3.63) is 80.5 Å². The van der Waals surface area contributed by atoms with E-state index in [4.69, 9.17) is 4.74 Å². The summed E-state index contributed by atoms with van der Waals surface area (Å²) >= 11 is 0.838. The van der Waals surface area contributed by atoms with Crippen molar-refractivity contribution in [1.29, 1.82) is 0 Å². The average Bonchev–Trinajstić information content (AvgIpc) is 3.16. The van der Waals surface area contributed by atoms with Gasteiger partial charge in [-0.1, -0.05) is 12.1 Å². The third-order valence-electron chi connectivity index (χ3n) is 4.06. The molecule has 2 aromatic carbocycles. The van der Waals surface area contributed by atoms with Crippen LogP contribution in [0.25, 0.3) is 0 Å². The van der Waals surface area contributed by atoms with Crippen molar-refractivity contribution in [1.82, 2.24) is 0 Å². The van der Waals surface area contributed by atoms with Crippen molar-refractivity contribution < 1.29 is 40.3 Å². The summed E-state index contributed by atoms with van der Waals surface area (Å²) in [6.45, 7) is 1.92. The van der Waals surface area contributed by atoms with E-state index in [1.54, 1.807) is 23.5 Å². The molecular formula is C20H12F7NO2S. The summed E-state index contributed by atoms with van der Waals surface area (Å²) in [4.78, 5) is 12.1. The Morgan fingerprint density at radius 1 is 1.03 bits per heavy atom. The molecule has 3 rings (SSSR count). The van der Waals surface area contributed by atoms with Crippen molar-refractivity contribution in [3.63, 3.8) is 0 Å². The number of benzene rings is 2. The number of ether oxygens (including phenoxy) is 1. The van der Waals surface area contributed by atoms with Crippen LogP contribution in [0, 0.1) is 30.2 Å². The van der Waals surface area contributed by atoms with E-state index in [0.29, 0.717) is 11.3 Å². The van der Waals surface area contributed by atoms with Crippen LogP contribution in [-0.2, 0) is 12.8 Å². The number of nitrogens with one attached hydrogen (secondary N) is 1. The molecule has 0 aliphatic heterocycles. The topological polar surface area (TPSA) is 38.3 Å². The highest BCUT2D eigenvalue weighted by molar-refractivity contribution is 7.12. The highest BCUT2D eigenvalue weighted by atomic mass is 32.1. The minimum Gasteiger partial charge on any atom is -0.489 e. The molecule has 0 saturated heterocycles. The van der Waals surface area contributed by atoms with Gasteiger partial charge in [0.2, 0.25) is 0 Å². The Morgan fingerprint density at radius 3 is 2.26 bits per heavy atom. The lowest BCUT2D eigenvalue weighted by Crippen LogP contribution is -2.19. The molecule has 0 fully saturated rings. The third kappa shape index (κ3) is 4.82. The lowest BCUT2D eigenvalue weighted by Gasteiger charge is -2.14. The van der Waals surface area contributed by atoms with Crippen LogP contribution < -0.4 is 10.1 Å². The number of halogens is 7. The monoisotopic (exact) mass is 463 g/mol. The highest BCUT2D eigenvalue weighted by Crippen LogP contribution is 2.38. The maximum atomic E-state index is 13.9. The van der Waals surface area contributed by atoms with Crippen molar-refractivity contribution in [2.24, 2.45) is 0 Å². The summed E-state index contributed by atoms with van der Waals surface area (Å²) in [5.41, 5.74) is -2.89. The Hall–Kier alpha value is -3.08. The molecule has 11 heteroatoms. The van der Waals surface area contributed by atoms with Crippen molar-refractivity contribution in [2.75, 3.05) is 5.32 Å². The number of thiophene rings is 1. The second-order valence-corrected chi connectivity index (χ2v) is 7.29. The van der Waals surface area contributed by atoms with Gasteiger partial charge in [0.1, 0.15) is 23.6 Å². The summed E-state index contributed by atoms with van der Waals surface area (Å²) in [7, 11) is 0. The molecule has 0 bridgehead atoms. The normalized spacial score (nSPS) is 11.5. The van der Waals surface area contributed by atoms with Gasteiger partial charge < -0.3 is 10.1 Å². The first-order valence-corrected chi connectivity index (χ1v) is 9.38. The molecule has 1 N–H and O–H groups in total. The molecule has 0 atom stereocenters. The lowest BCUT2D eigenvalue weighted by molar-refractivity contribution is -0.143. The van der Waals surface area contributed by atoms with Crippen LogP contribution >= 0.6 is 11.3 Å². The van der Waals surface area contributed by atoms with Gasteiger partial charge in [0.15, 0.2) is 23.3 Å². The third-order valence-corrected chi connectivity index (χ3v) is 5.04. The first kappa shape index (κ1) is 22.6. The molecule has 0 saturated carbocycles. The number of carbonyl (C=O) groups is 1. The van der Waals surface area contributed by atoms with Gasteiger partial charge in [-0.2, -0.15) is 13.2 Å². The Balaban J connectivity index is 1.78. The predicted molar refractivity (Wildman–Crippen MR) is 99.1 cm³/mol. The number of aryl methyl sites for hydroxylation is 1. The molecule has 0 aliphatic carbocycles. The van der Waals surface area contributed by atoms with Gasteiger partial charge in [-0.3, -0.25) is 4.79 Å². The molecule has 0 aliphatic rings. The van der Waals surface area contributed by atoms with E-state index in [2.05, 4.69) is 0 Å². The zero-order valence-corrected chi connectivity index (χ0v) is 16.4. The van der Waals surface area contributed by atoms with Gasteiger partial charge in [-0.25, -0.2) is 17.6 Å². The Kier molecular flexibility index (Phi) is 6.25. The summed E-state index contributed by atoms with van der Waals surface area (Å²) < 4.78 is 98.7. The molecule has 31 heavy (non-hydrogen) atoms. The fourth-order valence-electron chi connectivity index (χ4n) is 2.61. The van der Waals surface area contributed by atoms with Crippen LogP contribution in [0.3, 0.4) is 0 Å². The van der Waals surface area contributed by atoms with E-state index in [9.17, 15) is 35.5 Å². The minimum atomic E-state index is -5.67. The minimum absolute atomic E-state index is 0.0551. The van der Waals surface area contributed by atoms with E-state index in [-0.39, 0.29) is 11.5 Å². The maximum Gasteiger partial charge on any atom is 0.422 e. The van der Waals surface area contributed by atoms with Crippen molar-refractivity contribution in [3.8, 4) is 5.75 Å². The number of amides is 1. The number of anilines is 1. The van der Waals surface area contributed by atoms with Gasteiger partial charge in [0.25, 0.3) is 5.91 Å². The Morgan fingerprint density at radius 2 is 1.68 bits per heavy atom. The molecule has 3 nitrogen and oxygen atoms in total. The zero-order chi connectivity index (χ0) is 22.9. The van der Waals surface area contributed by atoms with Crippen LogP contribution in [0.15, 0.2) is 35.7 Å². The first-order valence-electron chi connectivity index (χ1n) is 8.50. The summed E-state index contributed by atoms with van der Waals surface area (Å²) in [5, 5.41) is 3.09. The number of hydrogen-bond acceptors (Lipinski definition) is 3. The van der Waals surface area contributed by atoms with Crippen LogP contribution in [0.2, 0.25) is 0 Å². The molecule has 0 radical (unpaired) electrons. The van der Waals surface area contributed by atoms with Gasteiger partial charge in [-0.05, 0) is 36.1 Å². The number of carbonyl (C=O) groups excluding carboxylic acids is 1. The fourth-order valence-corrected chi connectivity index (χ4v) is 3.40. The number of hydrogen-bond donors (Lipinski definition) is 1. The first-order chi connectivity index (χ1) is 14.5. The van der Waals surface area contributed by atoms with Gasteiger partial charge in [0, 0.05) is 5.56 Å². The molecule has 1 aromatic heterocycles. The maximum absolute atomic E-state index is 13.9. The standard InChI is InChI=1S/C20H12F7NO2S/c1-9-3-2-4-11(5-9)30-7-10-6-12(31-8-10)19(29)28-18-16(23)14(21)13(20(25,26)27)15(22)17(18)24/h2-6,8H,7H2,1H3,(H,28,29). The predicted octanol–water partition coefficient (Wildman–Crippen LogP) is 6.46. The van der Waals surface area contributed by atoms with E-state index >= 15 is 0 Å². The smallest absolute Gasteiger partial charge is 0.422 e. The summed E-state index contributed by atoms with van der Waals surface area (Å²) in [5.74, 6) is -10.6. The van der Waals surface area contributed by atoms with Gasteiger partial charge in [0.05, 0.1) is 4.88 Å². The van der Waals surface area contributed by atoms with Crippen molar-refractivity contribution >= 4 is 22.9 Å². The lowest BCUT2D eigenvalue weighted by atomic mass is 10.1.